The molecule has 0 spiro atoms. The first-order chi connectivity index (χ1) is 4.75. The van der Waals surface area contributed by atoms with Crippen LogP contribution in [0, 0.1) is 0 Å². The zero-order valence-corrected chi connectivity index (χ0v) is 5.29. The molecule has 1 rings (SSSR count). The van der Waals surface area contributed by atoms with Gasteiger partial charge in [-0.15, -0.1) is 0 Å². The number of H-pyrrole nitrogens is 1. The third-order valence-electron chi connectivity index (χ3n) is 0.974. The second-order valence-electron chi connectivity index (χ2n) is 1.57. The van der Waals surface area contributed by atoms with Gasteiger partial charge in [-0.3, -0.25) is 14.4 Å². The van der Waals surface area contributed by atoms with E-state index in [1.807, 2.05) is 5.16 Å². The molecule has 0 aliphatic rings. The second kappa shape index (κ2) is 2.34. The van der Waals surface area contributed by atoms with Gasteiger partial charge in [-0.2, -0.15) is 5.16 Å². The van der Waals surface area contributed by atoms with Gasteiger partial charge in [-0.25, -0.2) is 0 Å². The summed E-state index contributed by atoms with van der Waals surface area (Å²) in [7, 11) is 1.46. The van der Waals surface area contributed by atoms with Crippen molar-refractivity contribution in [1.29, 1.82) is 0 Å². The highest BCUT2D eigenvalue weighted by Crippen LogP contribution is 1.79. The number of hydrogen-bond acceptors (Lipinski definition) is 4. The van der Waals surface area contributed by atoms with Crippen molar-refractivity contribution in [1.82, 2.24) is 10.3 Å². The first-order valence-electron chi connectivity index (χ1n) is 2.52. The Morgan fingerprint density at radius 1 is 1.90 bits per heavy atom. The topological polar surface area (TPSA) is 97.3 Å². The van der Waals surface area contributed by atoms with E-state index < -0.39 is 5.56 Å². The van der Waals surface area contributed by atoms with Crippen LogP contribution in [-0.4, -0.2) is 23.2 Å². The van der Waals surface area contributed by atoms with E-state index in [2.05, 4.69) is 14.8 Å². The van der Waals surface area contributed by atoms with Crippen molar-refractivity contribution in [3.8, 4) is 0 Å². The molecule has 54 valence electrons. The van der Waals surface area contributed by atoms with Gasteiger partial charge < -0.3 is 5.73 Å². The first-order valence-corrected chi connectivity index (χ1v) is 2.52. The van der Waals surface area contributed by atoms with Crippen LogP contribution in [0.25, 0.3) is 0 Å². The SMILES string of the molecule is CN=C(N)c1no[nH]c1=O. The highest BCUT2D eigenvalue weighted by molar-refractivity contribution is 5.94. The van der Waals surface area contributed by atoms with Gasteiger partial charge >= 0.3 is 5.56 Å². The molecule has 6 heteroatoms. The minimum Gasteiger partial charge on any atom is -0.382 e. The standard InChI is InChI=1S/C4H6N4O2/c1-6-3(5)2-4(9)8-10-7-2/h1H3,(H2,5,6)(H,8,9). The van der Waals surface area contributed by atoms with Crippen LogP contribution >= 0.6 is 0 Å². The van der Waals surface area contributed by atoms with E-state index in [1.54, 1.807) is 0 Å². The summed E-state index contributed by atoms with van der Waals surface area (Å²) in [5.41, 5.74) is 4.79. The van der Waals surface area contributed by atoms with Gasteiger partial charge in [0.05, 0.1) is 0 Å². The number of aliphatic imine (C=N–C) groups is 1. The van der Waals surface area contributed by atoms with Crippen molar-refractivity contribution in [3.05, 3.63) is 16.0 Å². The van der Waals surface area contributed by atoms with Gasteiger partial charge in [0.25, 0.3) is 0 Å². The van der Waals surface area contributed by atoms with Gasteiger partial charge in [0.1, 0.15) is 0 Å². The highest BCUT2D eigenvalue weighted by atomic mass is 16.6. The van der Waals surface area contributed by atoms with Crippen molar-refractivity contribution >= 4 is 5.84 Å². The molecule has 1 aromatic rings. The fraction of sp³-hybridized carbons (Fsp3) is 0.250. The Labute approximate surface area is 55.7 Å². The van der Waals surface area contributed by atoms with E-state index in [4.69, 9.17) is 5.73 Å². The predicted molar refractivity (Wildman–Crippen MR) is 33.8 cm³/mol. The van der Waals surface area contributed by atoms with Gasteiger partial charge in [-0.05, 0) is 5.16 Å². The van der Waals surface area contributed by atoms with E-state index in [0.717, 1.165) is 0 Å². The molecule has 0 bridgehead atoms. The number of aromatic amines is 1. The third kappa shape index (κ3) is 0.903. The number of hydrogen-bond donors (Lipinski definition) is 2. The largest absolute Gasteiger partial charge is 0.382 e. The molecule has 0 saturated carbocycles. The van der Waals surface area contributed by atoms with Crippen molar-refractivity contribution in [2.75, 3.05) is 7.05 Å². The van der Waals surface area contributed by atoms with Crippen LogP contribution in [0.5, 0.6) is 0 Å². The van der Waals surface area contributed by atoms with Crippen molar-refractivity contribution < 1.29 is 4.63 Å². The fourth-order valence-electron chi connectivity index (χ4n) is 0.469. The Bertz CT molecular complexity index is 296. The summed E-state index contributed by atoms with van der Waals surface area (Å²) < 4.78 is 4.22. The Balaban J connectivity index is 3.18. The number of nitrogens with one attached hydrogen (secondary N) is 1. The minimum atomic E-state index is -0.469. The molecule has 1 heterocycles. The number of aromatic nitrogens is 2. The van der Waals surface area contributed by atoms with Crippen LogP contribution in [0.2, 0.25) is 0 Å². The Hall–Kier alpha value is -1.59. The van der Waals surface area contributed by atoms with Crippen molar-refractivity contribution in [3.63, 3.8) is 0 Å². The van der Waals surface area contributed by atoms with E-state index in [-0.39, 0.29) is 11.5 Å². The van der Waals surface area contributed by atoms with Crippen molar-refractivity contribution in [2.24, 2.45) is 10.7 Å². The lowest BCUT2D eigenvalue weighted by Gasteiger charge is -1.84. The first kappa shape index (κ1) is 6.53. The molecular formula is C4H6N4O2. The van der Waals surface area contributed by atoms with Gasteiger partial charge in [0.2, 0.25) is 5.69 Å². The lowest BCUT2D eigenvalue weighted by Crippen LogP contribution is -2.21. The summed E-state index contributed by atoms with van der Waals surface area (Å²) in [4.78, 5) is 14.2. The van der Waals surface area contributed by atoms with E-state index >= 15 is 0 Å². The number of nitrogens with zero attached hydrogens (tertiary/aromatic N) is 2. The summed E-state index contributed by atoms with van der Waals surface area (Å²) >= 11 is 0. The molecule has 0 aliphatic carbocycles. The summed E-state index contributed by atoms with van der Waals surface area (Å²) in [6.45, 7) is 0. The van der Waals surface area contributed by atoms with Crippen LogP contribution in [-0.2, 0) is 0 Å². The Kier molecular flexibility index (Phi) is 1.53. The monoisotopic (exact) mass is 142 g/mol. The van der Waals surface area contributed by atoms with Crippen LogP contribution in [0.4, 0.5) is 0 Å². The maximum Gasteiger partial charge on any atom is 0.311 e. The summed E-state index contributed by atoms with van der Waals surface area (Å²) in [5.74, 6) is 0.0648. The Morgan fingerprint density at radius 3 is 3.00 bits per heavy atom. The number of amidine groups is 1. The maximum atomic E-state index is 10.6. The predicted octanol–water partition coefficient (Wildman–Crippen LogP) is -1.30. The lowest BCUT2D eigenvalue weighted by molar-refractivity contribution is 0.303. The molecule has 6 nitrogen and oxygen atoms in total. The summed E-state index contributed by atoms with van der Waals surface area (Å²) in [6.07, 6.45) is 0. The van der Waals surface area contributed by atoms with Crippen LogP contribution in [0.3, 0.4) is 0 Å². The quantitative estimate of drug-likeness (QED) is 0.376. The molecule has 0 amide bonds. The maximum absolute atomic E-state index is 10.6. The molecule has 0 radical (unpaired) electrons. The zero-order valence-electron chi connectivity index (χ0n) is 5.29. The number of rotatable bonds is 1. The molecule has 3 N–H and O–H groups in total. The van der Waals surface area contributed by atoms with E-state index in [1.165, 1.54) is 7.05 Å². The lowest BCUT2D eigenvalue weighted by atomic mass is 10.4. The highest BCUT2D eigenvalue weighted by Gasteiger charge is 2.06. The van der Waals surface area contributed by atoms with E-state index in [9.17, 15) is 4.79 Å². The van der Waals surface area contributed by atoms with Crippen molar-refractivity contribution in [2.45, 2.75) is 0 Å². The van der Waals surface area contributed by atoms with Gasteiger partial charge in [-0.1, -0.05) is 0 Å². The zero-order chi connectivity index (χ0) is 7.56. The molecule has 0 saturated heterocycles. The van der Waals surface area contributed by atoms with Gasteiger partial charge in [0, 0.05) is 7.05 Å². The smallest absolute Gasteiger partial charge is 0.311 e. The normalized spacial score (nSPS) is 11.9. The molecule has 0 aromatic carbocycles. The fourth-order valence-corrected chi connectivity index (χ4v) is 0.469. The second-order valence-corrected chi connectivity index (χ2v) is 1.57. The molecular weight excluding hydrogens is 136 g/mol. The van der Waals surface area contributed by atoms with Crippen LogP contribution in [0.15, 0.2) is 14.4 Å². The molecule has 0 unspecified atom stereocenters. The van der Waals surface area contributed by atoms with E-state index in [0.29, 0.717) is 0 Å². The molecule has 0 aliphatic heterocycles. The summed E-state index contributed by atoms with van der Waals surface area (Å²) in [5, 5.41) is 5.27. The summed E-state index contributed by atoms with van der Waals surface area (Å²) in [6, 6.07) is 0. The molecule has 1 aromatic heterocycles. The number of nitrogens with two attached hydrogens (primary N) is 1. The minimum absolute atomic E-state index is 0.0162. The average Bonchev–Trinajstić information content (AvgIpc) is 2.34. The van der Waals surface area contributed by atoms with Crippen LogP contribution in [0.1, 0.15) is 5.69 Å². The third-order valence-corrected chi connectivity index (χ3v) is 0.974. The molecule has 0 fully saturated rings. The average molecular weight is 142 g/mol. The molecule has 0 atom stereocenters. The van der Waals surface area contributed by atoms with Gasteiger partial charge in [0.15, 0.2) is 5.84 Å². The Morgan fingerprint density at radius 2 is 2.60 bits per heavy atom. The molecule has 10 heavy (non-hydrogen) atoms. The van der Waals surface area contributed by atoms with Crippen LogP contribution < -0.4 is 11.3 Å².